The van der Waals surface area contributed by atoms with Gasteiger partial charge in [0.15, 0.2) is 0 Å². The summed E-state index contributed by atoms with van der Waals surface area (Å²) >= 11 is 0. The van der Waals surface area contributed by atoms with Crippen molar-refractivity contribution in [3.05, 3.63) is 12.2 Å². The molecular weight excluding hydrogens is 431 g/mol. The maximum Gasteiger partial charge on any atom is 0.469 e. The summed E-state index contributed by atoms with van der Waals surface area (Å²) in [5.41, 5.74) is 0. The topological polar surface area (TPSA) is 94.5 Å². The molecule has 0 aromatic carbocycles. The molecule has 2 N–H and O–H groups in total. The maximum atomic E-state index is 10.4. The molecule has 0 bridgehead atoms. The van der Waals surface area contributed by atoms with Gasteiger partial charge in [-0.3, -0.25) is 4.52 Å². The summed E-state index contributed by atoms with van der Waals surface area (Å²) in [6, 6.07) is 0. The Labute approximate surface area is 196 Å². The van der Waals surface area contributed by atoms with Crippen LogP contribution in [0.15, 0.2) is 12.2 Å². The summed E-state index contributed by atoms with van der Waals surface area (Å²) < 4.78 is 30.8. The Morgan fingerprint density at radius 1 is 0.562 bits per heavy atom. The molecule has 0 radical (unpaired) electrons. The number of phosphoric acid groups is 1. The van der Waals surface area contributed by atoms with Crippen molar-refractivity contribution in [2.45, 2.75) is 96.8 Å². The summed E-state index contributed by atoms with van der Waals surface area (Å²) in [6.07, 6.45) is 23.0. The van der Waals surface area contributed by atoms with E-state index in [1.807, 2.05) is 0 Å². The Kier molecular flexibility index (Phi) is 25.1. The van der Waals surface area contributed by atoms with E-state index in [1.165, 1.54) is 83.5 Å². The number of phosphoric ester groups is 1. The Morgan fingerprint density at radius 2 is 0.969 bits per heavy atom. The van der Waals surface area contributed by atoms with Crippen LogP contribution in [0.5, 0.6) is 0 Å². The van der Waals surface area contributed by atoms with Crippen molar-refractivity contribution in [3.8, 4) is 0 Å². The molecule has 192 valence electrons. The Balaban J connectivity index is 3.09. The highest BCUT2D eigenvalue weighted by Gasteiger charge is 2.12. The van der Waals surface area contributed by atoms with Gasteiger partial charge in [-0.15, -0.1) is 0 Å². The molecule has 0 spiro atoms. The third-order valence-corrected chi connectivity index (χ3v) is 5.55. The molecule has 0 heterocycles. The first-order valence-corrected chi connectivity index (χ1v) is 14.2. The van der Waals surface area contributed by atoms with Gasteiger partial charge < -0.3 is 24.0 Å². The lowest BCUT2D eigenvalue weighted by Gasteiger charge is -2.07. The van der Waals surface area contributed by atoms with Gasteiger partial charge in [0.2, 0.25) is 0 Å². The summed E-state index contributed by atoms with van der Waals surface area (Å²) in [6.45, 7) is 4.92. The van der Waals surface area contributed by atoms with Gasteiger partial charge in [0.05, 0.1) is 39.6 Å². The zero-order valence-electron chi connectivity index (χ0n) is 20.4. The van der Waals surface area contributed by atoms with Crippen LogP contribution in [0.1, 0.15) is 96.8 Å². The fraction of sp³-hybridized carbons (Fsp3) is 0.917. The summed E-state index contributed by atoms with van der Waals surface area (Å²) in [4.78, 5) is 17.0. The number of hydrogen-bond donors (Lipinski definition) is 2. The molecule has 0 saturated carbocycles. The molecule has 7 nitrogen and oxygen atoms in total. The van der Waals surface area contributed by atoms with E-state index in [4.69, 9.17) is 24.0 Å². The Hall–Kier alpha value is -0.270. The normalized spacial score (nSPS) is 12.2. The summed E-state index contributed by atoms with van der Waals surface area (Å²) in [5.74, 6) is 0. The molecule has 0 amide bonds. The fourth-order valence-corrected chi connectivity index (χ4v) is 3.52. The minimum absolute atomic E-state index is 0.126. The highest BCUT2D eigenvalue weighted by Crippen LogP contribution is 2.35. The molecule has 0 fully saturated rings. The molecule has 0 rings (SSSR count). The summed E-state index contributed by atoms with van der Waals surface area (Å²) in [5, 5.41) is 0. The van der Waals surface area contributed by atoms with Gasteiger partial charge in [0.1, 0.15) is 0 Å². The van der Waals surface area contributed by atoms with Crippen LogP contribution in [0.2, 0.25) is 0 Å². The van der Waals surface area contributed by atoms with Crippen LogP contribution in [0.3, 0.4) is 0 Å². The standard InChI is InChI=1S/C24H49O7P/c1-2-3-4-5-6-7-8-9-10-11-12-13-14-15-16-17-18-28-19-20-29-21-22-30-23-24-31-32(25,26)27/h9-10H,2-8,11-24H2,1H3,(H2,25,26,27)/b10-9-. The largest absolute Gasteiger partial charge is 0.469 e. The number of ether oxygens (including phenoxy) is 3. The molecular formula is C24H49O7P. The molecule has 0 aliphatic heterocycles. The minimum Gasteiger partial charge on any atom is -0.379 e. The predicted octanol–water partition coefficient (Wildman–Crippen LogP) is 6.18. The summed E-state index contributed by atoms with van der Waals surface area (Å²) in [7, 11) is -4.40. The first-order valence-electron chi connectivity index (χ1n) is 12.6. The van der Waals surface area contributed by atoms with E-state index in [0.717, 1.165) is 13.0 Å². The Morgan fingerprint density at radius 3 is 1.47 bits per heavy atom. The highest BCUT2D eigenvalue weighted by molar-refractivity contribution is 7.46. The number of rotatable bonds is 26. The third-order valence-electron chi connectivity index (χ3n) is 5.03. The Bertz CT molecular complexity index is 440. The molecule has 0 aromatic rings. The molecule has 8 heteroatoms. The lowest BCUT2D eigenvalue weighted by molar-refractivity contribution is 0.00702. The molecule has 0 unspecified atom stereocenters. The van der Waals surface area contributed by atoms with Crippen molar-refractivity contribution in [2.24, 2.45) is 0 Å². The average Bonchev–Trinajstić information content (AvgIpc) is 2.75. The molecule has 0 saturated heterocycles. The molecule has 32 heavy (non-hydrogen) atoms. The van der Waals surface area contributed by atoms with Crippen molar-refractivity contribution in [3.63, 3.8) is 0 Å². The first-order chi connectivity index (χ1) is 15.6. The molecule has 0 aromatic heterocycles. The lowest BCUT2D eigenvalue weighted by Crippen LogP contribution is -2.11. The second-order valence-corrected chi connectivity index (χ2v) is 9.34. The first kappa shape index (κ1) is 31.7. The zero-order valence-corrected chi connectivity index (χ0v) is 21.3. The smallest absolute Gasteiger partial charge is 0.379 e. The molecule has 0 atom stereocenters. The van der Waals surface area contributed by atoms with Gasteiger partial charge in [0, 0.05) is 6.61 Å². The SMILES string of the molecule is CCCCCCCC/C=C\CCCCCCCCOCCOCCOCCOP(=O)(O)O. The van der Waals surface area contributed by atoms with Gasteiger partial charge in [-0.1, -0.05) is 76.9 Å². The van der Waals surface area contributed by atoms with Crippen molar-refractivity contribution < 1.29 is 33.1 Å². The quantitative estimate of drug-likeness (QED) is 0.0867. The van der Waals surface area contributed by atoms with E-state index in [0.29, 0.717) is 26.4 Å². The van der Waals surface area contributed by atoms with Crippen LogP contribution in [0.25, 0.3) is 0 Å². The lowest BCUT2D eigenvalue weighted by atomic mass is 10.1. The van der Waals surface area contributed by atoms with Crippen LogP contribution >= 0.6 is 7.82 Å². The van der Waals surface area contributed by atoms with E-state index < -0.39 is 7.82 Å². The van der Waals surface area contributed by atoms with Gasteiger partial charge in [0.25, 0.3) is 0 Å². The van der Waals surface area contributed by atoms with E-state index in [1.54, 1.807) is 0 Å². The van der Waals surface area contributed by atoms with Gasteiger partial charge >= 0.3 is 7.82 Å². The van der Waals surface area contributed by atoms with Crippen LogP contribution in [-0.4, -0.2) is 56.0 Å². The third kappa shape index (κ3) is 29.7. The average molecular weight is 481 g/mol. The van der Waals surface area contributed by atoms with Gasteiger partial charge in [-0.2, -0.15) is 0 Å². The van der Waals surface area contributed by atoms with Crippen LogP contribution in [0.4, 0.5) is 0 Å². The second-order valence-electron chi connectivity index (χ2n) is 8.10. The van der Waals surface area contributed by atoms with Crippen molar-refractivity contribution in [1.82, 2.24) is 0 Å². The van der Waals surface area contributed by atoms with Crippen LogP contribution in [-0.2, 0) is 23.3 Å². The second kappa shape index (κ2) is 25.4. The highest BCUT2D eigenvalue weighted by atomic mass is 31.2. The van der Waals surface area contributed by atoms with Crippen molar-refractivity contribution in [2.75, 3.05) is 46.2 Å². The van der Waals surface area contributed by atoms with Crippen LogP contribution < -0.4 is 0 Å². The van der Waals surface area contributed by atoms with Gasteiger partial charge in [-0.25, -0.2) is 4.57 Å². The van der Waals surface area contributed by atoms with Crippen molar-refractivity contribution in [1.29, 1.82) is 0 Å². The zero-order chi connectivity index (χ0) is 23.6. The van der Waals surface area contributed by atoms with E-state index in [9.17, 15) is 4.57 Å². The number of unbranched alkanes of at least 4 members (excludes halogenated alkanes) is 12. The van der Waals surface area contributed by atoms with E-state index in [2.05, 4.69) is 23.6 Å². The van der Waals surface area contributed by atoms with Crippen molar-refractivity contribution >= 4 is 7.82 Å². The number of hydrogen-bond acceptors (Lipinski definition) is 5. The predicted molar refractivity (Wildman–Crippen MR) is 130 cm³/mol. The fourth-order valence-electron chi connectivity index (χ4n) is 3.21. The maximum absolute atomic E-state index is 10.4. The monoisotopic (exact) mass is 480 g/mol. The minimum atomic E-state index is -4.40. The van der Waals surface area contributed by atoms with Gasteiger partial charge in [-0.05, 0) is 32.1 Å². The molecule has 0 aliphatic carbocycles. The molecule has 0 aliphatic rings. The van der Waals surface area contributed by atoms with Crippen LogP contribution in [0, 0.1) is 0 Å². The van der Waals surface area contributed by atoms with E-state index >= 15 is 0 Å². The van der Waals surface area contributed by atoms with E-state index in [-0.39, 0.29) is 13.2 Å². The number of allylic oxidation sites excluding steroid dienone is 2.